The third-order valence-corrected chi connectivity index (χ3v) is 2.12. The van der Waals surface area contributed by atoms with Gasteiger partial charge in [0, 0.05) is 12.4 Å². The van der Waals surface area contributed by atoms with Crippen molar-refractivity contribution in [2.24, 2.45) is 0 Å². The fourth-order valence-corrected chi connectivity index (χ4v) is 1.22. The largest absolute Gasteiger partial charge is 0.236 e. The van der Waals surface area contributed by atoms with Gasteiger partial charge in [0.1, 0.15) is 0 Å². The van der Waals surface area contributed by atoms with Crippen LogP contribution >= 0.6 is 0 Å². The summed E-state index contributed by atoms with van der Waals surface area (Å²) in [4.78, 5) is 4.19. The van der Waals surface area contributed by atoms with Gasteiger partial charge in [-0.1, -0.05) is 20.8 Å². The van der Waals surface area contributed by atoms with E-state index in [9.17, 15) is 0 Å². The molecule has 0 radical (unpaired) electrons. The highest BCUT2D eigenvalue weighted by atomic mass is 15.2. The van der Waals surface area contributed by atoms with Crippen molar-refractivity contribution in [1.82, 2.24) is 14.6 Å². The zero-order valence-electron chi connectivity index (χ0n) is 8.15. The van der Waals surface area contributed by atoms with Crippen molar-refractivity contribution in [2.75, 3.05) is 0 Å². The SMILES string of the molecule is CC(C)(C)c1cnn2ccnc2c1. The first kappa shape index (κ1) is 8.23. The van der Waals surface area contributed by atoms with E-state index < -0.39 is 0 Å². The normalized spacial score (nSPS) is 12.2. The molecule has 0 aliphatic rings. The molecule has 2 aromatic rings. The maximum absolute atomic E-state index is 4.26. The average molecular weight is 175 g/mol. The molecule has 0 aromatic carbocycles. The van der Waals surface area contributed by atoms with E-state index in [1.54, 1.807) is 10.7 Å². The van der Waals surface area contributed by atoms with Crippen LogP contribution in [0.2, 0.25) is 0 Å². The van der Waals surface area contributed by atoms with Gasteiger partial charge in [-0.15, -0.1) is 0 Å². The summed E-state index contributed by atoms with van der Waals surface area (Å²) in [6.07, 6.45) is 5.51. The highest BCUT2D eigenvalue weighted by Gasteiger charge is 2.14. The number of fused-ring (bicyclic) bond motifs is 1. The predicted molar refractivity (Wildman–Crippen MR) is 51.7 cm³/mol. The van der Waals surface area contributed by atoms with E-state index >= 15 is 0 Å². The molecule has 0 fully saturated rings. The number of imidazole rings is 1. The second-order valence-corrected chi connectivity index (χ2v) is 4.22. The minimum absolute atomic E-state index is 0.140. The summed E-state index contributed by atoms with van der Waals surface area (Å²) >= 11 is 0. The molecule has 0 atom stereocenters. The van der Waals surface area contributed by atoms with Gasteiger partial charge in [-0.05, 0) is 17.0 Å². The van der Waals surface area contributed by atoms with Gasteiger partial charge in [-0.25, -0.2) is 9.50 Å². The van der Waals surface area contributed by atoms with Crippen LogP contribution in [0.15, 0.2) is 24.7 Å². The van der Waals surface area contributed by atoms with Crippen LogP contribution in [0.4, 0.5) is 0 Å². The molecule has 0 N–H and O–H groups in total. The maximum Gasteiger partial charge on any atom is 0.153 e. The molecule has 0 saturated carbocycles. The molecule has 0 spiro atoms. The van der Waals surface area contributed by atoms with Crippen molar-refractivity contribution in [3.05, 3.63) is 30.2 Å². The van der Waals surface area contributed by atoms with Crippen LogP contribution in [-0.4, -0.2) is 14.6 Å². The van der Waals surface area contributed by atoms with Crippen LogP contribution in [0, 0.1) is 0 Å². The molecule has 0 saturated heterocycles. The zero-order valence-corrected chi connectivity index (χ0v) is 8.15. The van der Waals surface area contributed by atoms with Crippen molar-refractivity contribution >= 4 is 5.65 Å². The lowest BCUT2D eigenvalue weighted by atomic mass is 9.89. The highest BCUT2D eigenvalue weighted by molar-refractivity contribution is 5.40. The minimum atomic E-state index is 0.140. The highest BCUT2D eigenvalue weighted by Crippen LogP contribution is 2.21. The number of hydrogen-bond acceptors (Lipinski definition) is 2. The quantitative estimate of drug-likeness (QED) is 0.613. The molecule has 3 nitrogen and oxygen atoms in total. The monoisotopic (exact) mass is 175 g/mol. The van der Waals surface area contributed by atoms with Gasteiger partial charge in [-0.3, -0.25) is 0 Å². The van der Waals surface area contributed by atoms with Crippen LogP contribution in [0.1, 0.15) is 26.3 Å². The van der Waals surface area contributed by atoms with Crippen LogP contribution in [-0.2, 0) is 5.41 Å². The molecule has 0 amide bonds. The Bertz CT molecular complexity index is 423. The first-order chi connectivity index (χ1) is 6.07. The van der Waals surface area contributed by atoms with Crippen LogP contribution in [0.3, 0.4) is 0 Å². The molecule has 68 valence electrons. The Hall–Kier alpha value is -1.38. The number of hydrogen-bond donors (Lipinski definition) is 0. The number of aromatic nitrogens is 3. The fraction of sp³-hybridized carbons (Fsp3) is 0.400. The number of nitrogens with zero attached hydrogens (tertiary/aromatic N) is 3. The van der Waals surface area contributed by atoms with E-state index in [1.165, 1.54) is 5.56 Å². The molecule has 0 unspecified atom stereocenters. The van der Waals surface area contributed by atoms with Crippen LogP contribution in [0.5, 0.6) is 0 Å². The summed E-state index contributed by atoms with van der Waals surface area (Å²) < 4.78 is 1.77. The van der Waals surface area contributed by atoms with E-state index in [1.807, 2.05) is 12.4 Å². The number of rotatable bonds is 0. The van der Waals surface area contributed by atoms with Gasteiger partial charge in [0.05, 0.1) is 6.20 Å². The topological polar surface area (TPSA) is 30.2 Å². The average Bonchev–Trinajstić information content (AvgIpc) is 2.47. The van der Waals surface area contributed by atoms with E-state index in [2.05, 4.69) is 36.9 Å². The molecule has 0 aliphatic heterocycles. The Kier molecular flexibility index (Phi) is 1.62. The summed E-state index contributed by atoms with van der Waals surface area (Å²) in [6.45, 7) is 6.51. The van der Waals surface area contributed by atoms with Crippen molar-refractivity contribution in [3.63, 3.8) is 0 Å². The summed E-state index contributed by atoms with van der Waals surface area (Å²) in [6, 6.07) is 2.08. The van der Waals surface area contributed by atoms with Gasteiger partial charge < -0.3 is 0 Å². The van der Waals surface area contributed by atoms with Gasteiger partial charge in [0.15, 0.2) is 5.65 Å². The summed E-state index contributed by atoms with van der Waals surface area (Å²) in [7, 11) is 0. The Morgan fingerprint density at radius 1 is 1.31 bits per heavy atom. The Balaban J connectivity index is 2.61. The minimum Gasteiger partial charge on any atom is -0.236 e. The standard InChI is InChI=1S/C10H13N3/c1-10(2,3)8-6-9-11-4-5-13(9)12-7-8/h4-7H,1-3H3. The molecular formula is C10H13N3. The lowest BCUT2D eigenvalue weighted by molar-refractivity contribution is 0.584. The lowest BCUT2D eigenvalue weighted by Gasteiger charge is -2.17. The van der Waals surface area contributed by atoms with E-state index in [-0.39, 0.29) is 5.41 Å². The molecule has 2 aromatic heterocycles. The van der Waals surface area contributed by atoms with Crippen molar-refractivity contribution < 1.29 is 0 Å². The molecule has 13 heavy (non-hydrogen) atoms. The van der Waals surface area contributed by atoms with Crippen molar-refractivity contribution in [2.45, 2.75) is 26.2 Å². The van der Waals surface area contributed by atoms with Crippen LogP contribution in [0.25, 0.3) is 5.65 Å². The van der Waals surface area contributed by atoms with Crippen LogP contribution < -0.4 is 0 Å². The Labute approximate surface area is 77.4 Å². The van der Waals surface area contributed by atoms with Crippen molar-refractivity contribution in [3.8, 4) is 0 Å². The summed E-state index contributed by atoms with van der Waals surface area (Å²) in [5, 5.41) is 4.26. The van der Waals surface area contributed by atoms with E-state index in [0.717, 1.165) is 5.65 Å². The fourth-order valence-electron chi connectivity index (χ4n) is 1.22. The maximum atomic E-state index is 4.26. The first-order valence-corrected chi connectivity index (χ1v) is 4.37. The Morgan fingerprint density at radius 3 is 2.77 bits per heavy atom. The van der Waals surface area contributed by atoms with Gasteiger partial charge in [0.25, 0.3) is 0 Å². The Morgan fingerprint density at radius 2 is 2.08 bits per heavy atom. The van der Waals surface area contributed by atoms with Gasteiger partial charge in [0.2, 0.25) is 0 Å². The molecular weight excluding hydrogens is 162 g/mol. The zero-order chi connectivity index (χ0) is 9.47. The van der Waals surface area contributed by atoms with E-state index in [0.29, 0.717) is 0 Å². The third-order valence-electron chi connectivity index (χ3n) is 2.12. The smallest absolute Gasteiger partial charge is 0.153 e. The van der Waals surface area contributed by atoms with Gasteiger partial charge in [-0.2, -0.15) is 5.10 Å². The third kappa shape index (κ3) is 1.41. The molecule has 2 heterocycles. The summed E-state index contributed by atoms with van der Waals surface area (Å²) in [5.74, 6) is 0. The summed E-state index contributed by atoms with van der Waals surface area (Å²) in [5.41, 5.74) is 2.26. The molecule has 3 heteroatoms. The lowest BCUT2D eigenvalue weighted by Crippen LogP contribution is -2.12. The first-order valence-electron chi connectivity index (χ1n) is 4.37. The van der Waals surface area contributed by atoms with Gasteiger partial charge >= 0.3 is 0 Å². The predicted octanol–water partition coefficient (Wildman–Crippen LogP) is 2.03. The molecule has 0 bridgehead atoms. The van der Waals surface area contributed by atoms with Crippen molar-refractivity contribution in [1.29, 1.82) is 0 Å². The second kappa shape index (κ2) is 2.55. The molecule has 2 rings (SSSR count). The second-order valence-electron chi connectivity index (χ2n) is 4.22. The van der Waals surface area contributed by atoms with E-state index in [4.69, 9.17) is 0 Å². The molecule has 0 aliphatic carbocycles.